The van der Waals surface area contributed by atoms with Gasteiger partial charge >= 0.3 is 12.0 Å². The maximum atomic E-state index is 12.0. The average molecular weight is 292 g/mol. The third kappa shape index (κ3) is 4.75. The molecule has 0 bridgehead atoms. The number of carbonyl (C=O) groups is 2. The first kappa shape index (κ1) is 15.3. The molecule has 2 amide bonds. The third-order valence-corrected chi connectivity index (χ3v) is 3.43. The number of hydrogen-bond acceptors (Lipinski definition) is 3. The van der Waals surface area contributed by atoms with Crippen LogP contribution in [-0.4, -0.2) is 35.9 Å². The quantitative estimate of drug-likeness (QED) is 0.792. The Kier molecular flexibility index (Phi) is 5.16. The summed E-state index contributed by atoms with van der Waals surface area (Å²) in [6.07, 6.45) is 1.59. The number of carbonyl (C=O) groups excluding carboxylic acids is 1. The minimum atomic E-state index is -0.928. The van der Waals surface area contributed by atoms with E-state index in [1.165, 1.54) is 0 Å². The standard InChI is InChI=1S/C15H20N2O4/c1-10-8-12(6-7-21-10)16-15(20)17-13-5-3-2-4-11(13)9-14(18)19/h2-5,10,12H,6-9H2,1H3,(H,18,19)(H2,16,17,20). The second kappa shape index (κ2) is 7.08. The number of aliphatic carboxylic acids is 1. The van der Waals surface area contributed by atoms with Crippen molar-refractivity contribution in [2.24, 2.45) is 0 Å². The predicted octanol–water partition coefficient (Wildman–Crippen LogP) is 2.00. The lowest BCUT2D eigenvalue weighted by Gasteiger charge is -2.28. The maximum Gasteiger partial charge on any atom is 0.319 e. The second-order valence-electron chi connectivity index (χ2n) is 5.23. The molecule has 6 heteroatoms. The van der Waals surface area contributed by atoms with E-state index in [2.05, 4.69) is 10.6 Å². The molecule has 1 aromatic carbocycles. The molecule has 2 rings (SSSR count). The van der Waals surface area contributed by atoms with Gasteiger partial charge in [-0.05, 0) is 31.4 Å². The number of para-hydroxylation sites is 1. The molecule has 1 saturated heterocycles. The van der Waals surface area contributed by atoms with Crippen molar-refractivity contribution in [3.8, 4) is 0 Å². The molecular weight excluding hydrogens is 272 g/mol. The number of nitrogens with one attached hydrogen (secondary N) is 2. The Hall–Kier alpha value is -2.08. The zero-order chi connectivity index (χ0) is 15.2. The van der Waals surface area contributed by atoms with E-state index >= 15 is 0 Å². The van der Waals surface area contributed by atoms with Crippen molar-refractivity contribution >= 4 is 17.7 Å². The van der Waals surface area contributed by atoms with Gasteiger partial charge in [-0.25, -0.2) is 4.79 Å². The van der Waals surface area contributed by atoms with E-state index in [1.807, 2.05) is 6.92 Å². The van der Waals surface area contributed by atoms with Crippen LogP contribution >= 0.6 is 0 Å². The Labute approximate surface area is 123 Å². The lowest BCUT2D eigenvalue weighted by Crippen LogP contribution is -2.43. The molecule has 1 fully saturated rings. The Bertz CT molecular complexity index is 518. The first-order chi connectivity index (χ1) is 10.0. The minimum absolute atomic E-state index is 0.0837. The van der Waals surface area contributed by atoms with Crippen LogP contribution in [0.4, 0.5) is 10.5 Å². The van der Waals surface area contributed by atoms with Crippen LogP contribution in [0.2, 0.25) is 0 Å². The van der Waals surface area contributed by atoms with Crippen molar-refractivity contribution in [1.82, 2.24) is 5.32 Å². The summed E-state index contributed by atoms with van der Waals surface area (Å²) in [6, 6.07) is 6.68. The molecule has 2 atom stereocenters. The van der Waals surface area contributed by atoms with E-state index in [-0.39, 0.29) is 24.6 Å². The van der Waals surface area contributed by atoms with Crippen molar-refractivity contribution in [2.45, 2.75) is 38.3 Å². The number of carboxylic acid groups (broad SMARTS) is 1. The molecule has 1 heterocycles. The molecule has 0 radical (unpaired) electrons. The lowest BCUT2D eigenvalue weighted by atomic mass is 10.0. The van der Waals surface area contributed by atoms with Crippen molar-refractivity contribution in [2.75, 3.05) is 11.9 Å². The van der Waals surface area contributed by atoms with Crippen LogP contribution in [0.3, 0.4) is 0 Å². The van der Waals surface area contributed by atoms with Crippen LogP contribution in [0.25, 0.3) is 0 Å². The fraction of sp³-hybridized carbons (Fsp3) is 0.467. The highest BCUT2D eigenvalue weighted by atomic mass is 16.5. The van der Waals surface area contributed by atoms with Crippen molar-refractivity contribution in [3.05, 3.63) is 29.8 Å². The Morgan fingerprint density at radius 1 is 1.38 bits per heavy atom. The number of carboxylic acids is 1. The number of benzene rings is 1. The Balaban J connectivity index is 1.94. The predicted molar refractivity (Wildman–Crippen MR) is 78.4 cm³/mol. The van der Waals surface area contributed by atoms with E-state index in [0.29, 0.717) is 17.9 Å². The van der Waals surface area contributed by atoms with Crippen LogP contribution in [0.5, 0.6) is 0 Å². The normalized spacial score (nSPS) is 21.6. The number of urea groups is 1. The van der Waals surface area contributed by atoms with Gasteiger partial charge in [-0.2, -0.15) is 0 Å². The van der Waals surface area contributed by atoms with Crippen LogP contribution in [0.1, 0.15) is 25.3 Å². The highest BCUT2D eigenvalue weighted by Gasteiger charge is 2.21. The summed E-state index contributed by atoms with van der Waals surface area (Å²) >= 11 is 0. The topological polar surface area (TPSA) is 87.7 Å². The summed E-state index contributed by atoms with van der Waals surface area (Å²) < 4.78 is 5.43. The van der Waals surface area contributed by atoms with Gasteiger partial charge < -0.3 is 20.5 Å². The molecule has 1 aliphatic heterocycles. The van der Waals surface area contributed by atoms with Gasteiger partial charge in [0.05, 0.1) is 12.5 Å². The van der Waals surface area contributed by atoms with Gasteiger partial charge in [0, 0.05) is 18.3 Å². The van der Waals surface area contributed by atoms with Gasteiger partial charge in [0.1, 0.15) is 0 Å². The van der Waals surface area contributed by atoms with Crippen LogP contribution in [-0.2, 0) is 16.0 Å². The number of rotatable bonds is 4. The molecule has 6 nitrogen and oxygen atoms in total. The van der Waals surface area contributed by atoms with Crippen LogP contribution in [0, 0.1) is 0 Å². The zero-order valence-electron chi connectivity index (χ0n) is 12.0. The van der Waals surface area contributed by atoms with Crippen LogP contribution < -0.4 is 10.6 Å². The van der Waals surface area contributed by atoms with Crippen molar-refractivity contribution in [3.63, 3.8) is 0 Å². The van der Waals surface area contributed by atoms with E-state index in [4.69, 9.17) is 9.84 Å². The van der Waals surface area contributed by atoms with Gasteiger partial charge in [0.25, 0.3) is 0 Å². The minimum Gasteiger partial charge on any atom is -0.481 e. The monoisotopic (exact) mass is 292 g/mol. The smallest absolute Gasteiger partial charge is 0.319 e. The first-order valence-electron chi connectivity index (χ1n) is 7.03. The fourth-order valence-corrected chi connectivity index (χ4v) is 2.43. The number of hydrogen-bond donors (Lipinski definition) is 3. The molecule has 0 aliphatic carbocycles. The molecule has 3 N–H and O–H groups in total. The fourth-order valence-electron chi connectivity index (χ4n) is 2.43. The number of ether oxygens (including phenoxy) is 1. The van der Waals surface area contributed by atoms with E-state index in [1.54, 1.807) is 24.3 Å². The average Bonchev–Trinajstić information content (AvgIpc) is 2.40. The van der Waals surface area contributed by atoms with Gasteiger partial charge in [-0.15, -0.1) is 0 Å². The number of amides is 2. The molecule has 2 unspecified atom stereocenters. The van der Waals surface area contributed by atoms with Gasteiger partial charge in [0.2, 0.25) is 0 Å². The van der Waals surface area contributed by atoms with E-state index in [9.17, 15) is 9.59 Å². The highest BCUT2D eigenvalue weighted by Crippen LogP contribution is 2.17. The molecule has 0 aromatic heterocycles. The molecule has 1 aromatic rings. The summed E-state index contributed by atoms with van der Waals surface area (Å²) in [7, 11) is 0. The molecule has 21 heavy (non-hydrogen) atoms. The summed E-state index contributed by atoms with van der Waals surface area (Å²) in [5, 5.41) is 14.5. The SMILES string of the molecule is CC1CC(NC(=O)Nc2ccccc2CC(=O)O)CCO1. The Morgan fingerprint density at radius 2 is 2.14 bits per heavy atom. The van der Waals surface area contributed by atoms with E-state index in [0.717, 1.165) is 12.8 Å². The molecule has 1 aliphatic rings. The van der Waals surface area contributed by atoms with Gasteiger partial charge in [-0.1, -0.05) is 18.2 Å². The van der Waals surface area contributed by atoms with Gasteiger partial charge in [-0.3, -0.25) is 4.79 Å². The zero-order valence-corrected chi connectivity index (χ0v) is 12.0. The van der Waals surface area contributed by atoms with Crippen molar-refractivity contribution in [1.29, 1.82) is 0 Å². The lowest BCUT2D eigenvalue weighted by molar-refractivity contribution is -0.136. The largest absolute Gasteiger partial charge is 0.481 e. The first-order valence-corrected chi connectivity index (χ1v) is 7.03. The van der Waals surface area contributed by atoms with Crippen LogP contribution in [0.15, 0.2) is 24.3 Å². The van der Waals surface area contributed by atoms with E-state index < -0.39 is 5.97 Å². The molecule has 0 saturated carbocycles. The third-order valence-electron chi connectivity index (χ3n) is 3.43. The summed E-state index contributed by atoms with van der Waals surface area (Å²) in [4.78, 5) is 22.8. The highest BCUT2D eigenvalue weighted by molar-refractivity contribution is 5.91. The summed E-state index contributed by atoms with van der Waals surface area (Å²) in [6.45, 7) is 2.62. The molecule has 0 spiro atoms. The Morgan fingerprint density at radius 3 is 2.86 bits per heavy atom. The summed E-state index contributed by atoms with van der Waals surface area (Å²) in [5.41, 5.74) is 1.11. The maximum absolute atomic E-state index is 12.0. The van der Waals surface area contributed by atoms with Crippen molar-refractivity contribution < 1.29 is 19.4 Å². The summed E-state index contributed by atoms with van der Waals surface area (Å²) in [5.74, 6) is -0.928. The number of anilines is 1. The molecular formula is C15H20N2O4. The van der Waals surface area contributed by atoms with Gasteiger partial charge in [0.15, 0.2) is 0 Å². The second-order valence-corrected chi connectivity index (χ2v) is 5.23. The molecule has 114 valence electrons.